The predicted octanol–water partition coefficient (Wildman–Crippen LogP) is 3.58. The number of nitrogens with one attached hydrogen (secondary N) is 1. The van der Waals surface area contributed by atoms with Gasteiger partial charge in [0.1, 0.15) is 0 Å². The number of hydrogen-bond acceptors (Lipinski definition) is 1. The third kappa shape index (κ3) is 3.73. The number of halogens is 1. The lowest BCUT2D eigenvalue weighted by Gasteiger charge is -2.09. The first kappa shape index (κ1) is 13.4. The molecule has 0 heterocycles. The predicted molar refractivity (Wildman–Crippen MR) is 81.6 cm³/mol. The van der Waals surface area contributed by atoms with Crippen LogP contribution in [-0.4, -0.2) is 5.96 Å². The standard InChI is InChI=1S/C15H16ClN3/c1-11-6-5-9-13(14(11)16)19-15(17)18-10-12-7-3-2-4-8-12/h2-9H,10H2,1H3,(H3,17,18,19). The van der Waals surface area contributed by atoms with Gasteiger partial charge in [-0.3, -0.25) is 0 Å². The molecule has 4 heteroatoms. The van der Waals surface area contributed by atoms with E-state index in [-0.39, 0.29) is 0 Å². The van der Waals surface area contributed by atoms with Crippen molar-refractivity contribution in [2.24, 2.45) is 10.7 Å². The van der Waals surface area contributed by atoms with Gasteiger partial charge in [-0.15, -0.1) is 0 Å². The average Bonchev–Trinajstić information content (AvgIpc) is 2.43. The van der Waals surface area contributed by atoms with Gasteiger partial charge < -0.3 is 11.1 Å². The molecule has 2 aromatic rings. The minimum Gasteiger partial charge on any atom is -0.370 e. The smallest absolute Gasteiger partial charge is 0.193 e. The molecule has 98 valence electrons. The van der Waals surface area contributed by atoms with Crippen LogP contribution in [0.1, 0.15) is 11.1 Å². The number of anilines is 1. The zero-order valence-corrected chi connectivity index (χ0v) is 11.5. The fourth-order valence-corrected chi connectivity index (χ4v) is 1.85. The van der Waals surface area contributed by atoms with Gasteiger partial charge in [-0.1, -0.05) is 54.1 Å². The molecule has 0 aromatic heterocycles. The van der Waals surface area contributed by atoms with E-state index in [2.05, 4.69) is 10.3 Å². The van der Waals surface area contributed by atoms with Crippen LogP contribution >= 0.6 is 11.6 Å². The van der Waals surface area contributed by atoms with Crippen molar-refractivity contribution in [3.8, 4) is 0 Å². The molecule has 2 rings (SSSR count). The van der Waals surface area contributed by atoms with E-state index in [4.69, 9.17) is 17.3 Å². The molecule has 0 spiro atoms. The minimum atomic E-state index is 0.358. The summed E-state index contributed by atoms with van der Waals surface area (Å²) in [4.78, 5) is 4.29. The maximum absolute atomic E-state index is 6.18. The maximum atomic E-state index is 6.18. The Balaban J connectivity index is 2.04. The number of rotatable bonds is 3. The lowest BCUT2D eigenvalue weighted by Crippen LogP contribution is -2.22. The highest BCUT2D eigenvalue weighted by Crippen LogP contribution is 2.24. The number of benzene rings is 2. The van der Waals surface area contributed by atoms with E-state index >= 15 is 0 Å². The maximum Gasteiger partial charge on any atom is 0.193 e. The molecule has 0 aliphatic heterocycles. The molecule has 0 amide bonds. The van der Waals surface area contributed by atoms with E-state index < -0.39 is 0 Å². The van der Waals surface area contributed by atoms with Gasteiger partial charge in [0.2, 0.25) is 0 Å². The molecule has 0 fully saturated rings. The van der Waals surface area contributed by atoms with Crippen LogP contribution in [0.4, 0.5) is 5.69 Å². The minimum absolute atomic E-state index is 0.358. The summed E-state index contributed by atoms with van der Waals surface area (Å²) >= 11 is 6.18. The molecule has 19 heavy (non-hydrogen) atoms. The molecule has 0 radical (unpaired) electrons. The lowest BCUT2D eigenvalue weighted by molar-refractivity contribution is 1.06. The third-order valence-electron chi connectivity index (χ3n) is 2.73. The van der Waals surface area contributed by atoms with Gasteiger partial charge in [0.05, 0.1) is 17.3 Å². The van der Waals surface area contributed by atoms with E-state index in [1.54, 1.807) is 0 Å². The van der Waals surface area contributed by atoms with Crippen molar-refractivity contribution in [1.82, 2.24) is 0 Å². The Morgan fingerprint density at radius 1 is 1.16 bits per heavy atom. The van der Waals surface area contributed by atoms with Crippen LogP contribution in [0.15, 0.2) is 53.5 Å². The van der Waals surface area contributed by atoms with Crippen LogP contribution in [0.3, 0.4) is 0 Å². The summed E-state index contributed by atoms with van der Waals surface area (Å²) < 4.78 is 0. The summed E-state index contributed by atoms with van der Waals surface area (Å²) in [6.07, 6.45) is 0. The van der Waals surface area contributed by atoms with Crippen LogP contribution in [-0.2, 0) is 6.54 Å². The molecular weight excluding hydrogens is 258 g/mol. The summed E-state index contributed by atoms with van der Waals surface area (Å²) in [6.45, 7) is 2.49. The highest BCUT2D eigenvalue weighted by atomic mass is 35.5. The Bertz CT molecular complexity index is 579. The summed E-state index contributed by atoms with van der Waals surface area (Å²) in [5, 5.41) is 3.68. The van der Waals surface area contributed by atoms with Crippen LogP contribution in [0.2, 0.25) is 5.02 Å². The molecule has 0 aliphatic rings. The number of aliphatic imine (C=N–C) groups is 1. The third-order valence-corrected chi connectivity index (χ3v) is 3.23. The van der Waals surface area contributed by atoms with Gasteiger partial charge in [-0.05, 0) is 24.1 Å². The van der Waals surface area contributed by atoms with E-state index in [0.29, 0.717) is 17.5 Å². The first-order valence-corrected chi connectivity index (χ1v) is 6.40. The van der Waals surface area contributed by atoms with E-state index in [1.165, 1.54) is 0 Å². The number of nitrogens with zero attached hydrogens (tertiary/aromatic N) is 1. The largest absolute Gasteiger partial charge is 0.370 e. The van der Waals surface area contributed by atoms with Gasteiger partial charge in [0, 0.05) is 0 Å². The Hall–Kier alpha value is -2.00. The molecule has 0 unspecified atom stereocenters. The Morgan fingerprint density at radius 3 is 2.63 bits per heavy atom. The van der Waals surface area contributed by atoms with Crippen LogP contribution < -0.4 is 11.1 Å². The quantitative estimate of drug-likeness (QED) is 0.663. The highest BCUT2D eigenvalue weighted by molar-refractivity contribution is 6.34. The van der Waals surface area contributed by atoms with Gasteiger partial charge in [0.25, 0.3) is 0 Å². The van der Waals surface area contributed by atoms with Gasteiger partial charge in [0.15, 0.2) is 5.96 Å². The molecule has 0 atom stereocenters. The Labute approximate surface area is 118 Å². The van der Waals surface area contributed by atoms with Crippen LogP contribution in [0.25, 0.3) is 0 Å². The van der Waals surface area contributed by atoms with Crippen molar-refractivity contribution >= 4 is 23.2 Å². The Morgan fingerprint density at radius 2 is 1.89 bits per heavy atom. The summed E-state index contributed by atoms with van der Waals surface area (Å²) in [7, 11) is 0. The SMILES string of the molecule is Cc1cccc(NC(N)=NCc2ccccc2)c1Cl. The first-order valence-electron chi connectivity index (χ1n) is 6.03. The van der Waals surface area contributed by atoms with E-state index in [1.807, 2.05) is 55.5 Å². The fraction of sp³-hybridized carbons (Fsp3) is 0.133. The zero-order chi connectivity index (χ0) is 13.7. The molecule has 0 aliphatic carbocycles. The van der Waals surface area contributed by atoms with Crippen LogP contribution in [0.5, 0.6) is 0 Å². The fourth-order valence-electron chi connectivity index (χ4n) is 1.68. The number of nitrogens with two attached hydrogens (primary N) is 1. The highest BCUT2D eigenvalue weighted by Gasteiger charge is 2.03. The monoisotopic (exact) mass is 273 g/mol. The second kappa shape index (κ2) is 6.25. The molecule has 0 bridgehead atoms. The second-order valence-corrected chi connectivity index (χ2v) is 4.63. The summed E-state index contributed by atoms with van der Waals surface area (Å²) in [5.74, 6) is 0.358. The van der Waals surface area contributed by atoms with Gasteiger partial charge >= 0.3 is 0 Å². The van der Waals surface area contributed by atoms with E-state index in [9.17, 15) is 0 Å². The lowest BCUT2D eigenvalue weighted by atomic mass is 10.2. The summed E-state index contributed by atoms with van der Waals surface area (Å²) in [5.41, 5.74) is 8.74. The normalized spacial score (nSPS) is 11.4. The molecule has 0 saturated carbocycles. The topological polar surface area (TPSA) is 50.4 Å². The second-order valence-electron chi connectivity index (χ2n) is 4.25. The first-order chi connectivity index (χ1) is 9.16. The van der Waals surface area contributed by atoms with Gasteiger partial charge in [-0.25, -0.2) is 4.99 Å². The van der Waals surface area contributed by atoms with Crippen molar-refractivity contribution in [2.75, 3.05) is 5.32 Å². The van der Waals surface area contributed by atoms with Crippen molar-refractivity contribution < 1.29 is 0 Å². The average molecular weight is 274 g/mol. The number of aryl methyl sites for hydroxylation is 1. The number of hydrogen-bond donors (Lipinski definition) is 2. The van der Waals surface area contributed by atoms with Crippen molar-refractivity contribution in [3.63, 3.8) is 0 Å². The van der Waals surface area contributed by atoms with Crippen molar-refractivity contribution in [2.45, 2.75) is 13.5 Å². The zero-order valence-electron chi connectivity index (χ0n) is 10.7. The Kier molecular flexibility index (Phi) is 4.42. The summed E-state index contributed by atoms with van der Waals surface area (Å²) in [6, 6.07) is 15.7. The molecule has 2 aromatic carbocycles. The van der Waals surface area contributed by atoms with Gasteiger partial charge in [-0.2, -0.15) is 0 Å². The molecular formula is C15H16ClN3. The molecule has 3 nitrogen and oxygen atoms in total. The van der Waals surface area contributed by atoms with E-state index in [0.717, 1.165) is 16.8 Å². The number of guanidine groups is 1. The van der Waals surface area contributed by atoms with Crippen molar-refractivity contribution in [1.29, 1.82) is 0 Å². The molecule has 3 N–H and O–H groups in total. The van der Waals surface area contributed by atoms with Crippen LogP contribution in [0, 0.1) is 6.92 Å². The molecule has 0 saturated heterocycles. The van der Waals surface area contributed by atoms with Crippen molar-refractivity contribution in [3.05, 3.63) is 64.7 Å².